The van der Waals surface area contributed by atoms with E-state index in [2.05, 4.69) is 0 Å². The molecule has 1 unspecified atom stereocenters. The van der Waals surface area contributed by atoms with Crippen molar-refractivity contribution in [2.45, 2.75) is 20.0 Å². The van der Waals surface area contributed by atoms with Crippen LogP contribution in [0.5, 0.6) is 0 Å². The first-order valence-corrected chi connectivity index (χ1v) is 7.30. The second kappa shape index (κ2) is 5.00. The maximum Gasteiger partial charge on any atom is 0.123 e. The van der Waals surface area contributed by atoms with Crippen LogP contribution in [0.25, 0.3) is 10.1 Å². The first-order valence-electron chi connectivity index (χ1n) is 6.49. The van der Waals surface area contributed by atoms with Crippen LogP contribution < -0.4 is 0 Å². The van der Waals surface area contributed by atoms with E-state index in [0.29, 0.717) is 0 Å². The second-order valence-corrected chi connectivity index (χ2v) is 6.19. The van der Waals surface area contributed by atoms with Crippen molar-refractivity contribution in [1.29, 1.82) is 0 Å². The Bertz CT molecular complexity index is 776. The minimum absolute atomic E-state index is 0.248. The predicted octanol–water partition coefficient (Wildman–Crippen LogP) is 4.74. The largest absolute Gasteiger partial charge is 0.383 e. The van der Waals surface area contributed by atoms with Crippen LogP contribution >= 0.6 is 11.3 Å². The number of halogens is 1. The third kappa shape index (κ3) is 2.35. The van der Waals surface area contributed by atoms with Crippen LogP contribution in [0.4, 0.5) is 4.39 Å². The summed E-state index contributed by atoms with van der Waals surface area (Å²) in [6.45, 7) is 4.08. The lowest BCUT2D eigenvalue weighted by Gasteiger charge is -2.10. The summed E-state index contributed by atoms with van der Waals surface area (Å²) >= 11 is 1.50. The summed E-state index contributed by atoms with van der Waals surface area (Å²) < 4.78 is 14.2. The van der Waals surface area contributed by atoms with Crippen molar-refractivity contribution in [3.8, 4) is 0 Å². The molecule has 2 aromatic carbocycles. The molecule has 20 heavy (non-hydrogen) atoms. The molecule has 0 saturated heterocycles. The third-order valence-electron chi connectivity index (χ3n) is 3.61. The summed E-state index contributed by atoms with van der Waals surface area (Å²) in [4.78, 5) is 0.842. The molecule has 0 fully saturated rings. The minimum Gasteiger partial charge on any atom is -0.383 e. The van der Waals surface area contributed by atoms with Gasteiger partial charge in [0.15, 0.2) is 0 Å². The van der Waals surface area contributed by atoms with Gasteiger partial charge in [-0.25, -0.2) is 4.39 Å². The number of aliphatic hydroxyl groups is 1. The fraction of sp³-hybridized carbons (Fsp3) is 0.176. The molecular formula is C17H15FOS. The average Bonchev–Trinajstić information content (AvgIpc) is 2.84. The lowest BCUT2D eigenvalue weighted by molar-refractivity contribution is 0.224. The Hall–Kier alpha value is -1.71. The topological polar surface area (TPSA) is 20.2 Å². The SMILES string of the molecule is Cc1ccc(C(O)c2cc3cc(F)ccc3s2)cc1C. The van der Waals surface area contributed by atoms with Gasteiger partial charge in [-0.1, -0.05) is 18.2 Å². The molecule has 0 spiro atoms. The molecular weight excluding hydrogens is 271 g/mol. The zero-order valence-corrected chi connectivity index (χ0v) is 12.2. The number of benzene rings is 2. The van der Waals surface area contributed by atoms with Gasteiger partial charge in [0.05, 0.1) is 0 Å². The van der Waals surface area contributed by atoms with Crippen molar-refractivity contribution in [3.63, 3.8) is 0 Å². The monoisotopic (exact) mass is 286 g/mol. The molecule has 1 aromatic heterocycles. The van der Waals surface area contributed by atoms with E-state index in [1.54, 1.807) is 6.07 Å². The lowest BCUT2D eigenvalue weighted by Crippen LogP contribution is -1.98. The van der Waals surface area contributed by atoms with E-state index in [9.17, 15) is 9.50 Å². The van der Waals surface area contributed by atoms with Crippen molar-refractivity contribution in [1.82, 2.24) is 0 Å². The van der Waals surface area contributed by atoms with Crippen molar-refractivity contribution >= 4 is 21.4 Å². The normalized spacial score (nSPS) is 12.8. The molecule has 0 bridgehead atoms. The van der Waals surface area contributed by atoms with Crippen molar-refractivity contribution in [3.05, 3.63) is 69.8 Å². The molecule has 0 aliphatic heterocycles. The minimum atomic E-state index is -0.658. The Balaban J connectivity index is 2.02. The fourth-order valence-corrected chi connectivity index (χ4v) is 3.33. The summed E-state index contributed by atoms with van der Waals surface area (Å²) in [6.07, 6.45) is -0.658. The van der Waals surface area contributed by atoms with E-state index in [4.69, 9.17) is 0 Å². The van der Waals surface area contributed by atoms with Crippen LogP contribution in [0, 0.1) is 19.7 Å². The zero-order chi connectivity index (χ0) is 14.3. The molecule has 102 valence electrons. The number of aryl methyl sites for hydroxylation is 2. The third-order valence-corrected chi connectivity index (χ3v) is 4.78. The van der Waals surface area contributed by atoms with Gasteiger partial charge in [0.1, 0.15) is 11.9 Å². The first kappa shape index (κ1) is 13.3. The Labute approximate surface area is 121 Å². The molecule has 0 amide bonds. The zero-order valence-electron chi connectivity index (χ0n) is 11.4. The van der Waals surface area contributed by atoms with E-state index in [0.717, 1.165) is 26.1 Å². The Morgan fingerprint density at radius 1 is 1.00 bits per heavy atom. The highest BCUT2D eigenvalue weighted by Crippen LogP contribution is 2.33. The summed E-state index contributed by atoms with van der Waals surface area (Å²) in [5.41, 5.74) is 3.24. The second-order valence-electron chi connectivity index (χ2n) is 5.08. The van der Waals surface area contributed by atoms with Gasteiger partial charge in [-0.3, -0.25) is 0 Å². The van der Waals surface area contributed by atoms with Gasteiger partial charge in [-0.05, 0) is 60.2 Å². The summed E-state index contributed by atoms with van der Waals surface area (Å²) in [6, 6.07) is 12.5. The van der Waals surface area contributed by atoms with E-state index in [1.165, 1.54) is 29.0 Å². The van der Waals surface area contributed by atoms with Crippen LogP contribution in [-0.2, 0) is 0 Å². The molecule has 0 aliphatic carbocycles. The number of thiophene rings is 1. The van der Waals surface area contributed by atoms with Crippen LogP contribution in [0.1, 0.15) is 27.7 Å². The molecule has 3 aromatic rings. The fourth-order valence-electron chi connectivity index (χ4n) is 2.27. The van der Waals surface area contributed by atoms with E-state index < -0.39 is 6.10 Å². The van der Waals surface area contributed by atoms with E-state index in [1.807, 2.05) is 38.1 Å². The highest BCUT2D eigenvalue weighted by Gasteiger charge is 2.14. The molecule has 0 saturated carbocycles. The van der Waals surface area contributed by atoms with Crippen LogP contribution in [0.15, 0.2) is 42.5 Å². The standard InChI is InChI=1S/C17H15FOS/c1-10-3-4-12(7-11(10)2)17(19)16-9-13-8-14(18)5-6-15(13)20-16/h3-9,17,19H,1-2H3. The quantitative estimate of drug-likeness (QED) is 0.721. The lowest BCUT2D eigenvalue weighted by atomic mass is 10.0. The Morgan fingerprint density at radius 3 is 2.55 bits per heavy atom. The van der Waals surface area contributed by atoms with Gasteiger partial charge >= 0.3 is 0 Å². The molecule has 1 nitrogen and oxygen atoms in total. The smallest absolute Gasteiger partial charge is 0.123 e. The number of aliphatic hydroxyl groups excluding tert-OH is 1. The van der Waals surface area contributed by atoms with Crippen molar-refractivity contribution in [2.75, 3.05) is 0 Å². The van der Waals surface area contributed by atoms with Crippen LogP contribution in [0.3, 0.4) is 0 Å². The van der Waals surface area contributed by atoms with Gasteiger partial charge in [-0.15, -0.1) is 11.3 Å². The van der Waals surface area contributed by atoms with E-state index >= 15 is 0 Å². The Morgan fingerprint density at radius 2 is 1.80 bits per heavy atom. The van der Waals surface area contributed by atoms with Crippen LogP contribution in [-0.4, -0.2) is 5.11 Å². The maximum atomic E-state index is 13.2. The highest BCUT2D eigenvalue weighted by atomic mass is 32.1. The van der Waals surface area contributed by atoms with Gasteiger partial charge < -0.3 is 5.11 Å². The molecule has 0 aliphatic rings. The van der Waals surface area contributed by atoms with Crippen LogP contribution in [0.2, 0.25) is 0 Å². The Kier molecular flexibility index (Phi) is 3.32. The molecule has 3 heteroatoms. The number of hydrogen-bond acceptors (Lipinski definition) is 2. The number of rotatable bonds is 2. The van der Waals surface area contributed by atoms with Gasteiger partial charge in [0, 0.05) is 9.58 Å². The van der Waals surface area contributed by atoms with Gasteiger partial charge in [0.2, 0.25) is 0 Å². The van der Waals surface area contributed by atoms with Crippen molar-refractivity contribution < 1.29 is 9.50 Å². The highest BCUT2D eigenvalue weighted by molar-refractivity contribution is 7.19. The average molecular weight is 286 g/mol. The maximum absolute atomic E-state index is 13.2. The first-order chi connectivity index (χ1) is 9.54. The molecule has 0 radical (unpaired) electrons. The molecule has 1 heterocycles. The summed E-state index contributed by atoms with van der Waals surface area (Å²) in [5, 5.41) is 11.3. The molecule has 1 atom stereocenters. The summed E-state index contributed by atoms with van der Waals surface area (Å²) in [7, 11) is 0. The number of fused-ring (bicyclic) bond motifs is 1. The predicted molar refractivity (Wildman–Crippen MR) is 81.8 cm³/mol. The van der Waals surface area contributed by atoms with Gasteiger partial charge in [0.25, 0.3) is 0 Å². The van der Waals surface area contributed by atoms with Crippen molar-refractivity contribution in [2.24, 2.45) is 0 Å². The van der Waals surface area contributed by atoms with E-state index in [-0.39, 0.29) is 5.82 Å². The van der Waals surface area contributed by atoms with Gasteiger partial charge in [-0.2, -0.15) is 0 Å². The molecule has 1 N–H and O–H groups in total. The number of hydrogen-bond donors (Lipinski definition) is 1. The summed E-state index contributed by atoms with van der Waals surface area (Å²) in [5.74, 6) is -0.248. The molecule has 3 rings (SSSR count).